The molecule has 1 aliphatic rings. The molecule has 5 aromatic rings. The average Bonchev–Trinajstić information content (AvgIpc) is 3.28. The van der Waals surface area contributed by atoms with Crippen LogP contribution in [-0.4, -0.2) is 49.8 Å². The lowest BCUT2D eigenvalue weighted by atomic mass is 9.83. The quantitative estimate of drug-likeness (QED) is 0.0462. The summed E-state index contributed by atoms with van der Waals surface area (Å²) in [6.45, 7) is -2.69. The fourth-order valence-corrected chi connectivity index (χ4v) is 8.79. The van der Waals surface area contributed by atoms with Crippen molar-refractivity contribution in [3.63, 3.8) is 0 Å². The first kappa shape index (κ1) is 44.0. The van der Waals surface area contributed by atoms with Crippen LogP contribution in [0.5, 0.6) is 0 Å². The number of ether oxygens (including phenoxy) is 5. The SMILES string of the molecule is N#CCCOP(=S)(OCCC#N)OC1[C@H](OCc2ccccc2)[C@H](OCc2ccccc2)C(OCc2ccccc2)[C@H](OCc2ccccc2)[C@H]1OCc1ccccc1. The minimum atomic E-state index is -3.68. The Labute approximate surface area is 352 Å². The van der Waals surface area contributed by atoms with Gasteiger partial charge in [-0.05, 0) is 39.6 Å². The van der Waals surface area contributed by atoms with Crippen molar-refractivity contribution in [3.8, 4) is 12.1 Å². The summed E-state index contributed by atoms with van der Waals surface area (Å²) in [7, 11) is 0. The van der Waals surface area contributed by atoms with E-state index in [1.165, 1.54) is 0 Å². The van der Waals surface area contributed by atoms with Gasteiger partial charge in [-0.25, -0.2) is 0 Å². The second kappa shape index (κ2) is 23.9. The Bertz CT molecular complexity index is 1950. The third-order valence-corrected chi connectivity index (χ3v) is 11.9. The van der Waals surface area contributed by atoms with Gasteiger partial charge in [0.2, 0.25) is 0 Å². The molecule has 12 heteroatoms. The number of benzene rings is 5. The van der Waals surface area contributed by atoms with Gasteiger partial charge in [-0.1, -0.05) is 152 Å². The number of nitrogens with zero attached hydrogens (tertiary/aromatic N) is 2. The molecule has 2 unspecified atom stereocenters. The van der Waals surface area contributed by atoms with Crippen molar-refractivity contribution < 1.29 is 37.3 Å². The van der Waals surface area contributed by atoms with Gasteiger partial charge in [0.25, 0.3) is 0 Å². The molecule has 0 aromatic heterocycles. The molecule has 0 heterocycles. The molecule has 0 saturated heterocycles. The Morgan fingerprint density at radius 1 is 0.390 bits per heavy atom. The minimum Gasteiger partial charge on any atom is -0.368 e. The lowest BCUT2D eigenvalue weighted by Gasteiger charge is -2.50. The van der Waals surface area contributed by atoms with E-state index in [-0.39, 0.29) is 59.1 Å². The highest BCUT2D eigenvalue weighted by molar-refractivity contribution is 8.07. The summed E-state index contributed by atoms with van der Waals surface area (Å²) >= 11 is 6.08. The summed E-state index contributed by atoms with van der Waals surface area (Å²) in [6.07, 6.45) is -5.08. The standard InChI is InChI=1S/C47H49N2O8PS/c48-28-16-30-55-58(59,56-31-17-29-49)57-47-45(53-35-40-24-12-4-13-25-40)43(51-33-38-20-8-2-9-21-38)42(50-32-37-18-6-1-7-19-37)44(52-34-39-22-10-3-11-23-39)46(47)54-36-41-26-14-5-15-27-41/h1-15,18-27,42-47H,16-17,30-36H2/t42?,43-,44+,45-,46-,47?/m1/s1. The van der Waals surface area contributed by atoms with Crippen LogP contribution in [-0.2, 0) is 82.1 Å². The summed E-state index contributed by atoms with van der Waals surface area (Å²) in [6, 6.07) is 53.5. The molecule has 1 saturated carbocycles. The van der Waals surface area contributed by atoms with Crippen molar-refractivity contribution in [2.75, 3.05) is 13.2 Å². The molecule has 5 aromatic carbocycles. The second-order valence-electron chi connectivity index (χ2n) is 13.8. The molecule has 10 nitrogen and oxygen atoms in total. The normalized spacial score (nSPS) is 20.4. The molecule has 0 N–H and O–H groups in total. The van der Waals surface area contributed by atoms with E-state index in [1.54, 1.807) is 0 Å². The largest absolute Gasteiger partial charge is 0.368 e. The summed E-state index contributed by atoms with van der Waals surface area (Å²) in [5.74, 6) is 0. The van der Waals surface area contributed by atoms with Crippen molar-refractivity contribution >= 4 is 18.5 Å². The van der Waals surface area contributed by atoms with E-state index in [4.69, 9.17) is 49.1 Å². The van der Waals surface area contributed by atoms with Crippen molar-refractivity contribution in [3.05, 3.63) is 179 Å². The predicted molar refractivity (Wildman–Crippen MR) is 227 cm³/mol. The summed E-state index contributed by atoms with van der Waals surface area (Å²) < 4.78 is 54.0. The van der Waals surface area contributed by atoms with Crippen LogP contribution in [0.1, 0.15) is 40.7 Å². The zero-order valence-electron chi connectivity index (χ0n) is 32.8. The van der Waals surface area contributed by atoms with Crippen molar-refractivity contribution in [2.45, 2.75) is 82.5 Å². The van der Waals surface area contributed by atoms with Gasteiger partial charge in [0.1, 0.15) is 36.6 Å². The van der Waals surface area contributed by atoms with Crippen LogP contribution in [0.15, 0.2) is 152 Å². The van der Waals surface area contributed by atoms with Crippen LogP contribution >= 0.6 is 6.72 Å². The monoisotopic (exact) mass is 832 g/mol. The first-order valence-corrected chi connectivity index (χ1v) is 22.2. The van der Waals surface area contributed by atoms with E-state index in [0.29, 0.717) is 0 Å². The molecule has 59 heavy (non-hydrogen) atoms. The maximum Gasteiger partial charge on any atom is 0.327 e. The Kier molecular flexibility index (Phi) is 17.8. The Hall–Kier alpha value is -4.59. The third kappa shape index (κ3) is 13.7. The Morgan fingerprint density at radius 3 is 0.864 bits per heavy atom. The summed E-state index contributed by atoms with van der Waals surface area (Å²) in [5, 5.41) is 18.8. The molecular weight excluding hydrogens is 784 g/mol. The van der Waals surface area contributed by atoms with Crippen molar-refractivity contribution in [1.29, 1.82) is 10.5 Å². The molecule has 0 radical (unpaired) electrons. The van der Waals surface area contributed by atoms with Gasteiger partial charge >= 0.3 is 6.72 Å². The van der Waals surface area contributed by atoms with Crippen LogP contribution in [0, 0.1) is 22.7 Å². The molecule has 0 amide bonds. The fourth-order valence-electron chi connectivity index (χ4n) is 6.68. The molecule has 0 aliphatic heterocycles. The number of hydrogen-bond donors (Lipinski definition) is 0. The van der Waals surface area contributed by atoms with Crippen molar-refractivity contribution in [1.82, 2.24) is 0 Å². The highest BCUT2D eigenvalue weighted by Crippen LogP contribution is 2.54. The van der Waals surface area contributed by atoms with Crippen LogP contribution < -0.4 is 0 Å². The average molecular weight is 833 g/mol. The molecule has 0 bridgehead atoms. The first-order valence-electron chi connectivity index (χ1n) is 19.6. The fraction of sp³-hybridized carbons (Fsp3) is 0.319. The number of rotatable bonds is 23. The lowest BCUT2D eigenvalue weighted by molar-refractivity contribution is -0.279. The maximum atomic E-state index is 9.41. The lowest BCUT2D eigenvalue weighted by Crippen LogP contribution is -2.67. The van der Waals surface area contributed by atoms with Gasteiger partial charge in [0, 0.05) is 0 Å². The summed E-state index contributed by atoms with van der Waals surface area (Å²) in [5.41, 5.74) is 4.71. The van der Waals surface area contributed by atoms with Crippen LogP contribution in [0.25, 0.3) is 0 Å². The topological polar surface area (TPSA) is 121 Å². The Balaban J connectivity index is 1.48. The van der Waals surface area contributed by atoms with Gasteiger partial charge in [0.05, 0.1) is 71.2 Å². The molecule has 6 rings (SSSR count). The Morgan fingerprint density at radius 2 is 0.627 bits per heavy atom. The van der Waals surface area contributed by atoms with Gasteiger partial charge in [0.15, 0.2) is 0 Å². The second-order valence-corrected chi connectivity index (χ2v) is 16.8. The van der Waals surface area contributed by atoms with Gasteiger partial charge in [-0.3, -0.25) is 4.52 Å². The molecular formula is C47H49N2O8PS. The minimum absolute atomic E-state index is 0.0389. The zero-order valence-corrected chi connectivity index (χ0v) is 34.5. The summed E-state index contributed by atoms with van der Waals surface area (Å²) in [4.78, 5) is 0. The smallest absolute Gasteiger partial charge is 0.327 e. The highest BCUT2D eigenvalue weighted by Gasteiger charge is 2.56. The number of nitriles is 2. The van der Waals surface area contributed by atoms with Crippen molar-refractivity contribution in [2.24, 2.45) is 0 Å². The maximum absolute atomic E-state index is 9.41. The van der Waals surface area contributed by atoms with E-state index in [2.05, 4.69) is 12.1 Å². The van der Waals surface area contributed by atoms with Crippen LogP contribution in [0.4, 0.5) is 0 Å². The number of hydrogen-bond acceptors (Lipinski definition) is 11. The van der Waals surface area contributed by atoms with Gasteiger partial charge < -0.3 is 32.7 Å². The molecule has 1 fully saturated rings. The van der Waals surface area contributed by atoms with Gasteiger partial charge in [-0.2, -0.15) is 10.5 Å². The molecule has 1 aliphatic carbocycles. The van der Waals surface area contributed by atoms with Gasteiger partial charge in [-0.15, -0.1) is 0 Å². The predicted octanol–water partition coefficient (Wildman–Crippen LogP) is 9.40. The van der Waals surface area contributed by atoms with E-state index in [0.717, 1.165) is 27.8 Å². The van der Waals surface area contributed by atoms with E-state index < -0.39 is 43.3 Å². The molecule has 6 atom stereocenters. The first-order chi connectivity index (χ1) is 29.0. The molecule has 306 valence electrons. The highest BCUT2D eigenvalue weighted by atomic mass is 32.5. The third-order valence-electron chi connectivity index (χ3n) is 9.55. The van der Waals surface area contributed by atoms with E-state index in [1.807, 2.05) is 152 Å². The van der Waals surface area contributed by atoms with Crippen LogP contribution in [0.3, 0.4) is 0 Å². The van der Waals surface area contributed by atoms with Crippen LogP contribution in [0.2, 0.25) is 0 Å². The van der Waals surface area contributed by atoms with E-state index in [9.17, 15) is 10.5 Å². The zero-order chi connectivity index (χ0) is 41.0. The molecule has 0 spiro atoms. The van der Waals surface area contributed by atoms with E-state index >= 15 is 0 Å².